The third-order valence-corrected chi connectivity index (χ3v) is 4.77. The Kier molecular flexibility index (Phi) is 9.66. The maximum Gasteiger partial charge on any atom is 0.337 e. The summed E-state index contributed by atoms with van der Waals surface area (Å²) >= 11 is 0. The van der Waals surface area contributed by atoms with Gasteiger partial charge in [-0.15, -0.1) is 0 Å². The first-order valence-corrected chi connectivity index (χ1v) is 10.1. The van der Waals surface area contributed by atoms with Gasteiger partial charge in [0.25, 0.3) is 0 Å². The van der Waals surface area contributed by atoms with E-state index in [9.17, 15) is 24.9 Å². The van der Waals surface area contributed by atoms with E-state index in [1.807, 2.05) is 0 Å². The molecule has 0 aromatic heterocycles. The molecule has 2 rings (SSSR count). The van der Waals surface area contributed by atoms with E-state index in [4.69, 9.17) is 23.7 Å². The molecule has 0 bridgehead atoms. The highest BCUT2D eigenvalue weighted by Crippen LogP contribution is 2.34. The molecule has 0 amide bonds. The number of aliphatic hydroxyl groups is 3. The van der Waals surface area contributed by atoms with Crippen molar-refractivity contribution in [2.45, 2.75) is 63.5 Å². The van der Waals surface area contributed by atoms with E-state index >= 15 is 0 Å². The Morgan fingerprint density at radius 2 is 1.65 bits per heavy atom. The molecular weight excluding hydrogens is 412 g/mol. The molecule has 10 nitrogen and oxygen atoms in total. The van der Waals surface area contributed by atoms with Crippen molar-refractivity contribution < 1.29 is 48.6 Å². The Labute approximate surface area is 180 Å². The fourth-order valence-electron chi connectivity index (χ4n) is 3.17. The average Bonchev–Trinajstić information content (AvgIpc) is 2.78. The zero-order valence-corrected chi connectivity index (χ0v) is 17.8. The van der Waals surface area contributed by atoms with Crippen LogP contribution in [0.3, 0.4) is 0 Å². The predicted molar refractivity (Wildman–Crippen MR) is 106 cm³/mol. The monoisotopic (exact) mass is 442 g/mol. The van der Waals surface area contributed by atoms with Crippen LogP contribution in [0.4, 0.5) is 0 Å². The minimum absolute atomic E-state index is 0.0270. The molecule has 1 heterocycles. The minimum Gasteiger partial charge on any atom is -0.497 e. The van der Waals surface area contributed by atoms with Crippen LogP contribution in [0.15, 0.2) is 24.3 Å². The van der Waals surface area contributed by atoms with Gasteiger partial charge in [0.15, 0.2) is 18.5 Å². The molecule has 0 saturated carbocycles. The summed E-state index contributed by atoms with van der Waals surface area (Å²) in [6.45, 7) is 3.35. The Bertz CT molecular complexity index is 705. The highest BCUT2D eigenvalue weighted by atomic mass is 16.7. The van der Waals surface area contributed by atoms with Crippen molar-refractivity contribution in [1.82, 2.24) is 0 Å². The molecule has 3 N–H and O–H groups in total. The lowest BCUT2D eigenvalue weighted by molar-refractivity contribution is -0.269. The molecule has 1 aromatic rings. The van der Waals surface area contributed by atoms with Crippen molar-refractivity contribution >= 4 is 11.9 Å². The Morgan fingerprint density at radius 1 is 1.03 bits per heavy atom. The van der Waals surface area contributed by atoms with Gasteiger partial charge in [-0.3, -0.25) is 0 Å². The molecule has 31 heavy (non-hydrogen) atoms. The molecular formula is C21H30O10. The van der Waals surface area contributed by atoms with Crippen LogP contribution in [0.5, 0.6) is 5.75 Å². The third kappa shape index (κ3) is 6.88. The smallest absolute Gasteiger partial charge is 0.337 e. The van der Waals surface area contributed by atoms with Gasteiger partial charge in [-0.2, -0.15) is 0 Å². The van der Waals surface area contributed by atoms with Crippen molar-refractivity contribution in [2.24, 2.45) is 0 Å². The number of hydrogen-bond donors (Lipinski definition) is 3. The maximum atomic E-state index is 12.0. The molecule has 174 valence electrons. The number of rotatable bonds is 10. The summed E-state index contributed by atoms with van der Waals surface area (Å²) in [5, 5.41) is 30.6. The van der Waals surface area contributed by atoms with Crippen molar-refractivity contribution in [3.8, 4) is 5.75 Å². The van der Waals surface area contributed by atoms with Crippen LogP contribution >= 0.6 is 0 Å². The Balaban J connectivity index is 2.17. The van der Waals surface area contributed by atoms with Gasteiger partial charge in [-0.05, 0) is 26.0 Å². The van der Waals surface area contributed by atoms with Gasteiger partial charge in [0.2, 0.25) is 0 Å². The number of hydrogen-bond acceptors (Lipinski definition) is 10. The maximum absolute atomic E-state index is 12.0. The average molecular weight is 442 g/mol. The third-order valence-electron chi connectivity index (χ3n) is 4.77. The lowest BCUT2D eigenvalue weighted by Gasteiger charge is -2.38. The van der Waals surface area contributed by atoms with Gasteiger partial charge in [0.1, 0.15) is 11.9 Å². The fraction of sp³-hybridized carbons (Fsp3) is 0.619. The number of ether oxygens (including phenoxy) is 5. The van der Waals surface area contributed by atoms with E-state index in [-0.39, 0.29) is 26.1 Å². The lowest BCUT2D eigenvalue weighted by Crippen LogP contribution is -2.46. The van der Waals surface area contributed by atoms with Crippen molar-refractivity contribution in [3.63, 3.8) is 0 Å². The molecule has 1 fully saturated rings. The minimum atomic E-state index is -1.75. The second-order valence-electron chi connectivity index (χ2n) is 6.97. The van der Waals surface area contributed by atoms with Crippen LogP contribution in [0.1, 0.15) is 38.5 Å². The Hall–Kier alpha value is -2.24. The van der Waals surface area contributed by atoms with Crippen LogP contribution in [0, 0.1) is 0 Å². The molecule has 0 spiro atoms. The predicted octanol–water partition coefficient (Wildman–Crippen LogP) is 0.467. The van der Waals surface area contributed by atoms with Crippen molar-refractivity contribution in [2.75, 3.05) is 20.3 Å². The number of esters is 2. The first-order chi connectivity index (χ1) is 14.8. The quantitative estimate of drug-likeness (QED) is 0.438. The summed E-state index contributed by atoms with van der Waals surface area (Å²) < 4.78 is 26.4. The topological polar surface area (TPSA) is 141 Å². The normalized spacial score (nSPS) is 24.0. The van der Waals surface area contributed by atoms with Crippen LogP contribution < -0.4 is 4.74 Å². The number of aliphatic hydroxyl groups excluding tert-OH is 3. The fourth-order valence-corrected chi connectivity index (χ4v) is 3.17. The molecule has 0 aliphatic carbocycles. The summed E-state index contributed by atoms with van der Waals surface area (Å²) in [7, 11) is 1.53. The molecule has 6 atom stereocenters. The van der Waals surface area contributed by atoms with Crippen LogP contribution in [-0.4, -0.2) is 78.1 Å². The van der Waals surface area contributed by atoms with Crippen LogP contribution in [-0.2, 0) is 28.5 Å². The van der Waals surface area contributed by atoms with Crippen LogP contribution in [0.25, 0.3) is 0 Å². The largest absolute Gasteiger partial charge is 0.497 e. The standard InChI is InChI=1S/C21H30O10/c1-4-28-19(25)17(23)15(22)10-14-11-16(18(24)20(26)29-5-2)31-21(30-14)12-6-8-13(27-3)9-7-12/h6-9,14-18,21-24H,4-5,10-11H2,1-3H3/t14-,15+,16+,17-,18-,21?/m0/s1. The highest BCUT2D eigenvalue weighted by Gasteiger charge is 2.40. The number of benzene rings is 1. The van der Waals surface area contributed by atoms with Crippen LogP contribution in [0.2, 0.25) is 0 Å². The first-order valence-electron chi connectivity index (χ1n) is 10.1. The van der Waals surface area contributed by atoms with Gasteiger partial charge in [0.05, 0.1) is 32.5 Å². The summed E-state index contributed by atoms with van der Waals surface area (Å²) in [6.07, 6.45) is -7.62. The highest BCUT2D eigenvalue weighted by molar-refractivity contribution is 5.75. The molecule has 1 aliphatic rings. The van der Waals surface area contributed by atoms with E-state index in [0.29, 0.717) is 11.3 Å². The van der Waals surface area contributed by atoms with E-state index in [2.05, 4.69) is 0 Å². The molecule has 1 aliphatic heterocycles. The van der Waals surface area contributed by atoms with E-state index in [1.54, 1.807) is 38.1 Å². The van der Waals surface area contributed by atoms with Gasteiger partial charge < -0.3 is 39.0 Å². The van der Waals surface area contributed by atoms with E-state index < -0.39 is 48.7 Å². The second kappa shape index (κ2) is 12.0. The van der Waals surface area contributed by atoms with E-state index in [0.717, 1.165) is 0 Å². The summed E-state index contributed by atoms with van der Waals surface area (Å²) in [5.41, 5.74) is 0.590. The summed E-state index contributed by atoms with van der Waals surface area (Å²) in [5.74, 6) is -1.17. The zero-order valence-electron chi connectivity index (χ0n) is 17.8. The van der Waals surface area contributed by atoms with Gasteiger partial charge in [-0.1, -0.05) is 12.1 Å². The molecule has 10 heteroatoms. The molecule has 1 aromatic carbocycles. The number of carbonyl (C=O) groups is 2. The van der Waals surface area contributed by atoms with Crippen molar-refractivity contribution in [1.29, 1.82) is 0 Å². The second-order valence-corrected chi connectivity index (χ2v) is 6.97. The molecule has 1 unspecified atom stereocenters. The summed E-state index contributed by atoms with van der Waals surface area (Å²) in [6, 6.07) is 6.79. The van der Waals surface area contributed by atoms with Gasteiger partial charge in [0, 0.05) is 18.4 Å². The van der Waals surface area contributed by atoms with Crippen molar-refractivity contribution in [3.05, 3.63) is 29.8 Å². The number of methoxy groups -OCH3 is 1. The molecule has 1 saturated heterocycles. The SMILES string of the molecule is CCOC(=O)[C@@H](O)[C@H](O)C[C@H]1C[C@H]([C@H](O)C(=O)OCC)OC(c2ccc(OC)cc2)O1. The van der Waals surface area contributed by atoms with Gasteiger partial charge >= 0.3 is 11.9 Å². The first kappa shape index (κ1) is 25.0. The summed E-state index contributed by atoms with van der Waals surface area (Å²) in [4.78, 5) is 23.7. The zero-order chi connectivity index (χ0) is 23.0. The molecule has 0 radical (unpaired) electrons. The van der Waals surface area contributed by atoms with E-state index in [1.165, 1.54) is 7.11 Å². The number of carbonyl (C=O) groups excluding carboxylic acids is 2. The van der Waals surface area contributed by atoms with Gasteiger partial charge in [-0.25, -0.2) is 9.59 Å². The lowest BCUT2D eigenvalue weighted by atomic mass is 9.97. The Morgan fingerprint density at radius 3 is 2.23 bits per heavy atom.